The molecular formula is C32H18F7IrN4O2+. The van der Waals surface area contributed by atoms with Crippen molar-refractivity contribution in [3.8, 4) is 0 Å². The molecule has 14 heteroatoms. The zero-order chi connectivity index (χ0) is 32.1. The number of hydrogen-bond donors (Lipinski definition) is 1. The van der Waals surface area contributed by atoms with Crippen LogP contribution in [0.5, 0.6) is 0 Å². The first-order chi connectivity index (χ1) is 21.3. The summed E-state index contributed by atoms with van der Waals surface area (Å²) in [4.78, 5) is 22.0. The molecule has 235 valence electrons. The number of aliphatic hydroxyl groups is 1. The van der Waals surface area contributed by atoms with E-state index in [9.17, 15) is 30.7 Å². The van der Waals surface area contributed by atoms with Crippen LogP contribution in [0, 0.1) is 11.9 Å². The van der Waals surface area contributed by atoms with Gasteiger partial charge in [-0.2, -0.15) is 26.3 Å². The molecule has 0 fully saturated rings. The van der Waals surface area contributed by atoms with Crippen LogP contribution in [0.15, 0.2) is 103 Å². The van der Waals surface area contributed by atoms with Crippen molar-refractivity contribution < 1.29 is 65.3 Å². The van der Waals surface area contributed by atoms with Crippen molar-refractivity contribution in [3.63, 3.8) is 0 Å². The number of allylic oxidation sites excluding steroid dienone is 2. The van der Waals surface area contributed by atoms with Gasteiger partial charge < -0.3 is 10.1 Å². The van der Waals surface area contributed by atoms with Gasteiger partial charge in [0.1, 0.15) is 22.7 Å². The van der Waals surface area contributed by atoms with Crippen LogP contribution < -0.4 is 4.57 Å². The number of rotatable bonds is 3. The fraction of sp³-hybridized carbons (Fsp3) is 0.0938. The zero-order valence-corrected chi connectivity index (χ0v) is 25.3. The molecule has 46 heavy (non-hydrogen) atoms. The fourth-order valence-corrected chi connectivity index (χ4v) is 5.57. The normalized spacial score (nSPS) is 13.8. The predicted octanol–water partition coefficient (Wildman–Crippen LogP) is 6.81. The summed E-state index contributed by atoms with van der Waals surface area (Å²) in [6.45, 7) is 0. The maximum Gasteiger partial charge on any atom is 0.509 e. The van der Waals surface area contributed by atoms with Crippen LogP contribution in [-0.4, -0.2) is 43.0 Å². The van der Waals surface area contributed by atoms with E-state index >= 15 is 0 Å². The molecule has 0 spiro atoms. The van der Waals surface area contributed by atoms with Crippen LogP contribution in [0.25, 0.3) is 32.6 Å². The second-order valence-electron chi connectivity index (χ2n) is 9.88. The first-order valence-corrected chi connectivity index (χ1v) is 13.1. The number of hydrogen-bond acceptors (Lipinski definition) is 4. The Morgan fingerprint density at radius 2 is 1.52 bits per heavy atom. The van der Waals surface area contributed by atoms with E-state index in [-0.39, 0.29) is 25.9 Å². The van der Waals surface area contributed by atoms with Crippen LogP contribution >= 0.6 is 0 Å². The monoisotopic (exact) mass is 816 g/mol. The second-order valence-corrected chi connectivity index (χ2v) is 9.88. The average Bonchev–Trinajstić information content (AvgIpc) is 3.33. The van der Waals surface area contributed by atoms with E-state index in [2.05, 4.69) is 21.7 Å². The molecule has 0 bridgehead atoms. The minimum atomic E-state index is -5.31. The van der Waals surface area contributed by atoms with Gasteiger partial charge in [-0.05, 0) is 41.1 Å². The van der Waals surface area contributed by atoms with Gasteiger partial charge in [-0.3, -0.25) is 19.3 Å². The van der Waals surface area contributed by atoms with Crippen LogP contribution in [0.2, 0.25) is 0 Å². The Morgan fingerprint density at radius 3 is 2.09 bits per heavy atom. The van der Waals surface area contributed by atoms with Crippen LogP contribution in [-0.2, 0) is 25.6 Å². The van der Waals surface area contributed by atoms with Gasteiger partial charge >= 0.3 is 18.1 Å². The molecule has 0 saturated heterocycles. The number of carbonyl (C=O) groups excluding carboxylic acids is 1. The Morgan fingerprint density at radius 1 is 0.870 bits per heavy atom. The van der Waals surface area contributed by atoms with Crippen molar-refractivity contribution >= 4 is 38.4 Å². The van der Waals surface area contributed by atoms with Gasteiger partial charge in [0, 0.05) is 49.0 Å². The second kappa shape index (κ2) is 11.8. The molecule has 6 nitrogen and oxygen atoms in total. The molecule has 1 radical (unpaired) electrons. The molecule has 4 aromatic heterocycles. The predicted molar refractivity (Wildman–Crippen MR) is 149 cm³/mol. The molecule has 0 unspecified atom stereocenters. The van der Waals surface area contributed by atoms with Crippen LogP contribution in [0.4, 0.5) is 30.7 Å². The Labute approximate surface area is 268 Å². The third kappa shape index (κ3) is 5.27. The number of pyridine rings is 4. The number of alkyl halides is 6. The number of nitrogens with zero attached hydrogens (tertiary/aromatic N) is 4. The first kappa shape index (κ1) is 32.6. The van der Waals surface area contributed by atoms with Crippen LogP contribution in [0.1, 0.15) is 17.0 Å². The minimum Gasteiger partial charge on any atom is -0.504 e. The summed E-state index contributed by atoms with van der Waals surface area (Å²) in [7, 11) is 0. The molecule has 0 amide bonds. The summed E-state index contributed by atoms with van der Waals surface area (Å²) in [5.74, 6) is -5.38. The zero-order valence-electron chi connectivity index (χ0n) is 22.9. The SMILES string of the molecule is Fc1cnc2c3[c-]cc[n+]4c3c3c(cccc3c2c1)C4(c1ccccn1)c1ccccn1.O/C(=C\C(=[OH+])C(F)(F)F)C(F)(F)F.[Ir]. The average molecular weight is 816 g/mol. The molecule has 1 aliphatic heterocycles. The van der Waals surface area contributed by atoms with E-state index in [1.54, 1.807) is 6.07 Å². The molecule has 0 saturated carbocycles. The van der Waals surface area contributed by atoms with E-state index in [1.807, 2.05) is 73.2 Å². The molecule has 2 aromatic carbocycles. The van der Waals surface area contributed by atoms with E-state index in [4.69, 9.17) is 19.9 Å². The van der Waals surface area contributed by atoms with Gasteiger partial charge in [0.25, 0.3) is 5.54 Å². The van der Waals surface area contributed by atoms with Crippen molar-refractivity contribution in [1.82, 2.24) is 15.0 Å². The Balaban J connectivity index is 0.000000256. The Bertz CT molecular complexity index is 2100. The number of ketones is 1. The van der Waals surface area contributed by atoms with Gasteiger partial charge in [0.05, 0.1) is 18.5 Å². The summed E-state index contributed by atoms with van der Waals surface area (Å²) in [6.07, 6.45) is -4.50. The topological polar surface area (TPSA) is 84.2 Å². The standard InChI is InChI=1S/C27H15FN4.C5H2F6O2.Ir/c28-17-15-20-18-7-5-9-21-24(18)26-19(25(20)31-16-17)8-6-14-32(26)27(21,22-10-1-3-12-29-22)23-11-2-4-13-30-23;6-4(7,8)2(12)1-3(13)5(9,10)11;/h1-7,9-16H;1,12H;/p+1/b;2-1-;. The van der Waals surface area contributed by atoms with Crippen LogP contribution in [0.3, 0.4) is 0 Å². The summed E-state index contributed by atoms with van der Waals surface area (Å²) in [5.41, 5.74) is 3.75. The third-order valence-electron chi connectivity index (χ3n) is 7.29. The van der Waals surface area contributed by atoms with Crippen molar-refractivity contribution in [3.05, 3.63) is 132 Å². The van der Waals surface area contributed by atoms with E-state index in [0.717, 1.165) is 49.5 Å². The van der Waals surface area contributed by atoms with Crippen molar-refractivity contribution in [2.75, 3.05) is 0 Å². The number of benzene rings is 2. The summed E-state index contributed by atoms with van der Waals surface area (Å²) in [6, 6.07) is 24.9. The molecule has 5 heterocycles. The fourth-order valence-electron chi connectivity index (χ4n) is 5.57. The number of halogens is 7. The van der Waals surface area contributed by atoms with Crippen molar-refractivity contribution in [1.29, 1.82) is 0 Å². The van der Waals surface area contributed by atoms with Gasteiger partial charge in [-0.1, -0.05) is 41.8 Å². The molecule has 7 rings (SSSR count). The number of aliphatic hydroxyl groups excluding tert-OH is 1. The molecular weight excluding hydrogens is 798 g/mol. The van der Waals surface area contributed by atoms with Gasteiger partial charge in [-0.25, -0.2) is 4.39 Å². The largest absolute Gasteiger partial charge is 0.509 e. The van der Waals surface area contributed by atoms with Gasteiger partial charge in [0.2, 0.25) is 5.76 Å². The maximum absolute atomic E-state index is 14.3. The Hall–Kier alpha value is -4.81. The quantitative estimate of drug-likeness (QED) is 0.0405. The van der Waals surface area contributed by atoms with Crippen molar-refractivity contribution in [2.45, 2.75) is 17.9 Å². The van der Waals surface area contributed by atoms with Crippen molar-refractivity contribution in [2.24, 2.45) is 0 Å². The maximum atomic E-state index is 14.3. The van der Waals surface area contributed by atoms with Gasteiger partial charge in [0.15, 0.2) is 0 Å². The smallest absolute Gasteiger partial charge is 0.504 e. The molecule has 1 aliphatic rings. The summed E-state index contributed by atoms with van der Waals surface area (Å²) >= 11 is 0. The molecule has 0 atom stereocenters. The minimum absolute atomic E-state index is 0. The summed E-state index contributed by atoms with van der Waals surface area (Å²) < 4.78 is 84.8. The van der Waals surface area contributed by atoms with E-state index in [1.165, 1.54) is 6.20 Å². The van der Waals surface area contributed by atoms with E-state index < -0.39 is 35.5 Å². The third-order valence-corrected chi connectivity index (χ3v) is 7.29. The van der Waals surface area contributed by atoms with Gasteiger partial charge in [-0.15, -0.1) is 6.07 Å². The number of fused-ring (bicyclic) bond motifs is 3. The Kier molecular flexibility index (Phi) is 8.39. The molecule has 6 aromatic rings. The van der Waals surface area contributed by atoms with E-state index in [0.29, 0.717) is 0 Å². The molecule has 2 N–H and O–H groups in total. The summed E-state index contributed by atoms with van der Waals surface area (Å²) in [5, 5.41) is 11.6. The number of aromatic nitrogens is 4. The molecule has 0 aliphatic carbocycles. The first-order valence-electron chi connectivity index (χ1n) is 13.1.